The van der Waals surface area contributed by atoms with Crippen molar-refractivity contribution in [2.75, 3.05) is 11.4 Å². The van der Waals surface area contributed by atoms with Crippen molar-refractivity contribution >= 4 is 38.6 Å². The van der Waals surface area contributed by atoms with E-state index in [9.17, 15) is 4.79 Å². The molecule has 1 fully saturated rings. The number of nitrogens with zero attached hydrogens (tertiary/aromatic N) is 3. The summed E-state index contributed by atoms with van der Waals surface area (Å²) in [6.45, 7) is 0.678. The molecule has 23 heavy (non-hydrogen) atoms. The van der Waals surface area contributed by atoms with Crippen LogP contribution < -0.4 is 4.90 Å². The summed E-state index contributed by atoms with van der Waals surface area (Å²) in [7, 11) is 2.03. The maximum atomic E-state index is 12.4. The summed E-state index contributed by atoms with van der Waals surface area (Å²) in [5.41, 5.74) is 3.04. The molecule has 0 spiro atoms. The second kappa shape index (κ2) is 5.49. The van der Waals surface area contributed by atoms with Gasteiger partial charge in [-0.1, -0.05) is 28.1 Å². The number of carbonyl (C=O) groups is 1. The van der Waals surface area contributed by atoms with Gasteiger partial charge in [-0.3, -0.25) is 4.79 Å². The highest BCUT2D eigenvalue weighted by atomic mass is 79.9. The summed E-state index contributed by atoms with van der Waals surface area (Å²) in [5.74, 6) is 1.27. The Morgan fingerprint density at radius 1 is 1.13 bits per heavy atom. The van der Waals surface area contributed by atoms with Crippen LogP contribution in [0, 0.1) is 0 Å². The molecular weight excluding hydrogens is 354 g/mol. The molecule has 2 aromatic carbocycles. The van der Waals surface area contributed by atoms with E-state index >= 15 is 0 Å². The molecule has 1 aromatic heterocycles. The average Bonchev–Trinajstić information content (AvgIpc) is 3.09. The zero-order valence-electron chi connectivity index (χ0n) is 12.7. The monoisotopic (exact) mass is 369 g/mol. The number of aryl methyl sites for hydroxylation is 1. The Hall–Kier alpha value is -2.14. The molecule has 0 N–H and O–H groups in total. The molecule has 2 heterocycles. The Labute approximate surface area is 142 Å². The van der Waals surface area contributed by atoms with Crippen LogP contribution in [-0.2, 0) is 11.8 Å². The van der Waals surface area contributed by atoms with Crippen LogP contribution in [-0.4, -0.2) is 22.0 Å². The molecule has 3 aromatic rings. The lowest BCUT2D eigenvalue weighted by atomic mass is 10.1. The summed E-state index contributed by atoms with van der Waals surface area (Å²) in [5, 5.41) is 0. The third kappa shape index (κ3) is 2.45. The van der Waals surface area contributed by atoms with Crippen LogP contribution >= 0.6 is 15.9 Å². The summed E-state index contributed by atoms with van der Waals surface area (Å²) in [6, 6.07) is 16.0. The molecule has 1 saturated heterocycles. The number of benzene rings is 2. The highest BCUT2D eigenvalue weighted by molar-refractivity contribution is 9.10. The van der Waals surface area contributed by atoms with E-state index in [2.05, 4.69) is 26.6 Å². The van der Waals surface area contributed by atoms with Gasteiger partial charge in [0.2, 0.25) is 5.91 Å². The number of fused-ring (bicyclic) bond motifs is 1. The van der Waals surface area contributed by atoms with Gasteiger partial charge in [-0.25, -0.2) is 4.98 Å². The van der Waals surface area contributed by atoms with Crippen LogP contribution in [0.4, 0.5) is 5.69 Å². The first-order chi connectivity index (χ1) is 11.1. The predicted octanol–water partition coefficient (Wildman–Crippen LogP) is 3.86. The van der Waals surface area contributed by atoms with Gasteiger partial charge in [-0.15, -0.1) is 0 Å². The normalized spacial score (nSPS) is 18.1. The van der Waals surface area contributed by atoms with Crippen LogP contribution in [0.3, 0.4) is 0 Å². The number of aromatic nitrogens is 2. The van der Waals surface area contributed by atoms with Gasteiger partial charge in [0.25, 0.3) is 0 Å². The largest absolute Gasteiger partial charge is 0.331 e. The first kappa shape index (κ1) is 14.5. The summed E-state index contributed by atoms with van der Waals surface area (Å²) in [6.07, 6.45) is 0.507. The minimum Gasteiger partial charge on any atom is -0.331 e. The van der Waals surface area contributed by atoms with Crippen molar-refractivity contribution in [2.24, 2.45) is 7.05 Å². The van der Waals surface area contributed by atoms with Crippen LogP contribution in [0.2, 0.25) is 0 Å². The standard InChI is InChI=1S/C18H16BrN3O/c1-21-16-5-3-2-4-15(16)20-18(21)12-10-17(23)22(11-12)14-8-6-13(19)7-9-14/h2-9,12H,10-11H2,1H3/t12-/m0/s1. The smallest absolute Gasteiger partial charge is 0.227 e. The van der Waals surface area contributed by atoms with Crippen LogP contribution in [0.25, 0.3) is 11.0 Å². The molecular formula is C18H16BrN3O. The first-order valence-corrected chi connectivity index (χ1v) is 8.40. The fraction of sp³-hybridized carbons (Fsp3) is 0.222. The van der Waals surface area contributed by atoms with Gasteiger partial charge < -0.3 is 9.47 Å². The van der Waals surface area contributed by atoms with Crippen molar-refractivity contribution in [3.8, 4) is 0 Å². The SMILES string of the molecule is Cn1c([C@H]2CC(=O)N(c3ccc(Br)cc3)C2)nc2ccccc21. The van der Waals surface area contributed by atoms with Gasteiger partial charge in [0, 0.05) is 36.1 Å². The van der Waals surface area contributed by atoms with E-state index in [1.807, 2.05) is 54.4 Å². The molecule has 1 atom stereocenters. The van der Waals surface area contributed by atoms with Gasteiger partial charge in [0.15, 0.2) is 0 Å². The zero-order valence-corrected chi connectivity index (χ0v) is 14.3. The highest BCUT2D eigenvalue weighted by Gasteiger charge is 2.34. The molecule has 116 valence electrons. The number of imidazole rings is 1. The maximum absolute atomic E-state index is 12.4. The maximum Gasteiger partial charge on any atom is 0.227 e. The molecule has 0 aliphatic carbocycles. The van der Waals surface area contributed by atoms with Crippen molar-refractivity contribution in [3.05, 3.63) is 58.8 Å². The van der Waals surface area contributed by atoms with E-state index < -0.39 is 0 Å². The first-order valence-electron chi connectivity index (χ1n) is 7.61. The van der Waals surface area contributed by atoms with Crippen LogP contribution in [0.1, 0.15) is 18.2 Å². The lowest BCUT2D eigenvalue weighted by Crippen LogP contribution is -2.24. The molecule has 5 heteroatoms. The summed E-state index contributed by atoms with van der Waals surface area (Å²) >= 11 is 3.43. The molecule has 0 saturated carbocycles. The van der Waals surface area contributed by atoms with E-state index in [4.69, 9.17) is 4.98 Å². The third-order valence-electron chi connectivity index (χ3n) is 4.45. The zero-order chi connectivity index (χ0) is 16.0. The molecule has 0 radical (unpaired) electrons. The van der Waals surface area contributed by atoms with Crippen molar-refractivity contribution < 1.29 is 4.79 Å². The second-order valence-electron chi connectivity index (χ2n) is 5.90. The topological polar surface area (TPSA) is 38.1 Å². The van der Waals surface area contributed by atoms with E-state index in [1.54, 1.807) is 0 Å². The number of para-hydroxylation sites is 2. The average molecular weight is 370 g/mol. The van der Waals surface area contributed by atoms with E-state index in [-0.39, 0.29) is 11.8 Å². The Bertz CT molecular complexity index is 885. The van der Waals surface area contributed by atoms with Crippen LogP contribution in [0.15, 0.2) is 53.0 Å². The third-order valence-corrected chi connectivity index (χ3v) is 4.98. The van der Waals surface area contributed by atoms with E-state index in [1.165, 1.54) is 0 Å². The highest BCUT2D eigenvalue weighted by Crippen LogP contribution is 2.33. The number of carbonyl (C=O) groups excluding carboxylic acids is 1. The molecule has 4 rings (SSSR count). The molecule has 1 aliphatic heterocycles. The fourth-order valence-electron chi connectivity index (χ4n) is 3.28. The quantitative estimate of drug-likeness (QED) is 0.687. The van der Waals surface area contributed by atoms with Crippen LogP contribution in [0.5, 0.6) is 0 Å². The Morgan fingerprint density at radius 2 is 1.87 bits per heavy atom. The minimum absolute atomic E-state index is 0.128. The number of halogens is 1. The molecule has 0 bridgehead atoms. The number of hydrogen-bond donors (Lipinski definition) is 0. The molecule has 1 aliphatic rings. The number of anilines is 1. The molecule has 0 unspecified atom stereocenters. The van der Waals surface area contributed by atoms with Crippen molar-refractivity contribution in [2.45, 2.75) is 12.3 Å². The minimum atomic E-state index is 0.128. The number of amides is 1. The fourth-order valence-corrected chi connectivity index (χ4v) is 3.54. The van der Waals surface area contributed by atoms with Gasteiger partial charge >= 0.3 is 0 Å². The van der Waals surface area contributed by atoms with Crippen molar-refractivity contribution in [1.29, 1.82) is 0 Å². The lowest BCUT2D eigenvalue weighted by molar-refractivity contribution is -0.117. The van der Waals surface area contributed by atoms with Crippen molar-refractivity contribution in [3.63, 3.8) is 0 Å². The number of rotatable bonds is 2. The lowest BCUT2D eigenvalue weighted by Gasteiger charge is -2.16. The summed E-state index contributed by atoms with van der Waals surface area (Å²) in [4.78, 5) is 19.1. The van der Waals surface area contributed by atoms with Gasteiger partial charge in [0.1, 0.15) is 5.82 Å². The van der Waals surface area contributed by atoms with E-state index in [0.717, 1.165) is 27.0 Å². The molecule has 1 amide bonds. The Morgan fingerprint density at radius 3 is 2.61 bits per heavy atom. The molecule has 4 nitrogen and oxygen atoms in total. The predicted molar refractivity (Wildman–Crippen MR) is 94.6 cm³/mol. The number of hydrogen-bond acceptors (Lipinski definition) is 2. The van der Waals surface area contributed by atoms with Gasteiger partial charge in [0.05, 0.1) is 11.0 Å². The van der Waals surface area contributed by atoms with E-state index in [0.29, 0.717) is 13.0 Å². The van der Waals surface area contributed by atoms with Crippen molar-refractivity contribution in [1.82, 2.24) is 9.55 Å². The summed E-state index contributed by atoms with van der Waals surface area (Å²) < 4.78 is 3.12. The Balaban J connectivity index is 1.67. The van der Waals surface area contributed by atoms with Gasteiger partial charge in [-0.05, 0) is 36.4 Å². The second-order valence-corrected chi connectivity index (χ2v) is 6.82. The van der Waals surface area contributed by atoms with Gasteiger partial charge in [-0.2, -0.15) is 0 Å². The Kier molecular flexibility index (Phi) is 3.45.